The lowest BCUT2D eigenvalue weighted by molar-refractivity contribution is 0.113. The van der Waals surface area contributed by atoms with Gasteiger partial charge in [-0.15, -0.1) is 0 Å². The van der Waals surface area contributed by atoms with Crippen LogP contribution in [0.4, 0.5) is 0 Å². The Bertz CT molecular complexity index is 240. The molecule has 1 heterocycles. The molecule has 0 saturated heterocycles. The molecule has 0 aliphatic carbocycles. The molecule has 0 saturated carbocycles. The fourth-order valence-electron chi connectivity index (χ4n) is 1.17. The van der Waals surface area contributed by atoms with E-state index in [9.17, 15) is 0 Å². The predicted octanol–water partition coefficient (Wildman–Crippen LogP) is 1.16. The first kappa shape index (κ1) is 11.1. The van der Waals surface area contributed by atoms with E-state index in [2.05, 4.69) is 22.2 Å². The Morgan fingerprint density at radius 3 is 3.00 bits per heavy atom. The third kappa shape index (κ3) is 3.40. The van der Waals surface area contributed by atoms with Gasteiger partial charge < -0.3 is 10.1 Å². The Balaban J connectivity index is 2.46. The zero-order chi connectivity index (χ0) is 10.2. The van der Waals surface area contributed by atoms with Gasteiger partial charge in [0.1, 0.15) is 6.33 Å². The Kier molecular flexibility index (Phi) is 5.11. The van der Waals surface area contributed by atoms with Crippen molar-refractivity contribution in [2.24, 2.45) is 0 Å². The Hall–Kier alpha value is -1.00. The molecule has 4 heteroatoms. The topological polar surface area (TPSA) is 47.0 Å². The molecule has 1 rings (SSSR count). The molecular weight excluding hydrogens is 178 g/mol. The largest absolute Gasteiger partial charge is 0.379 e. The van der Waals surface area contributed by atoms with Crippen molar-refractivity contribution in [1.29, 1.82) is 0 Å². The molecule has 4 nitrogen and oxygen atoms in total. The van der Waals surface area contributed by atoms with E-state index in [0.717, 1.165) is 18.7 Å². The second-order valence-corrected chi connectivity index (χ2v) is 3.05. The normalized spacial score (nSPS) is 12.7. The summed E-state index contributed by atoms with van der Waals surface area (Å²) < 4.78 is 5.47. The van der Waals surface area contributed by atoms with Gasteiger partial charge in [0.25, 0.3) is 0 Å². The zero-order valence-corrected chi connectivity index (χ0v) is 8.73. The van der Waals surface area contributed by atoms with E-state index >= 15 is 0 Å². The summed E-state index contributed by atoms with van der Waals surface area (Å²) >= 11 is 0. The molecular formula is C10H17N3O. The second kappa shape index (κ2) is 6.45. The number of ether oxygens (including phenoxy) is 1. The molecule has 1 aromatic heterocycles. The monoisotopic (exact) mass is 195 g/mol. The fourth-order valence-corrected chi connectivity index (χ4v) is 1.17. The Morgan fingerprint density at radius 2 is 2.43 bits per heavy atom. The van der Waals surface area contributed by atoms with Crippen LogP contribution in [-0.4, -0.2) is 30.2 Å². The molecule has 1 unspecified atom stereocenters. The van der Waals surface area contributed by atoms with Crippen LogP contribution in [0.5, 0.6) is 0 Å². The molecule has 0 spiro atoms. The average Bonchev–Trinajstić information content (AvgIpc) is 2.26. The molecule has 0 amide bonds. The molecule has 1 atom stereocenters. The molecule has 1 N–H and O–H groups in total. The van der Waals surface area contributed by atoms with Crippen LogP contribution in [0.15, 0.2) is 18.6 Å². The van der Waals surface area contributed by atoms with E-state index in [-0.39, 0.29) is 6.04 Å². The highest BCUT2D eigenvalue weighted by atomic mass is 16.5. The van der Waals surface area contributed by atoms with Gasteiger partial charge in [-0.25, -0.2) is 9.97 Å². The lowest BCUT2D eigenvalue weighted by atomic mass is 10.2. The van der Waals surface area contributed by atoms with Crippen LogP contribution in [0.2, 0.25) is 0 Å². The summed E-state index contributed by atoms with van der Waals surface area (Å²) in [5.41, 5.74) is 0.971. The minimum absolute atomic E-state index is 0.157. The summed E-state index contributed by atoms with van der Waals surface area (Å²) in [6, 6.07) is 2.06. The van der Waals surface area contributed by atoms with Gasteiger partial charge in [-0.1, -0.05) is 6.92 Å². The number of nitrogens with zero attached hydrogens (tertiary/aromatic N) is 2. The van der Waals surface area contributed by atoms with Crippen molar-refractivity contribution >= 4 is 0 Å². The van der Waals surface area contributed by atoms with E-state index in [1.54, 1.807) is 12.5 Å². The van der Waals surface area contributed by atoms with Gasteiger partial charge in [0.2, 0.25) is 0 Å². The summed E-state index contributed by atoms with van der Waals surface area (Å²) in [6.07, 6.45) is 4.34. The van der Waals surface area contributed by atoms with Crippen molar-refractivity contribution in [3.05, 3.63) is 24.3 Å². The molecule has 0 fully saturated rings. The lowest BCUT2D eigenvalue weighted by Crippen LogP contribution is -2.23. The summed E-state index contributed by atoms with van der Waals surface area (Å²) in [5, 5.41) is 3.16. The van der Waals surface area contributed by atoms with E-state index in [1.807, 2.05) is 13.1 Å². The van der Waals surface area contributed by atoms with Crippen LogP contribution >= 0.6 is 0 Å². The molecule has 78 valence electrons. The van der Waals surface area contributed by atoms with Crippen molar-refractivity contribution < 1.29 is 4.74 Å². The average molecular weight is 195 g/mol. The zero-order valence-electron chi connectivity index (χ0n) is 8.73. The maximum atomic E-state index is 5.47. The van der Waals surface area contributed by atoms with Crippen LogP contribution in [-0.2, 0) is 4.74 Å². The summed E-state index contributed by atoms with van der Waals surface area (Å²) in [7, 11) is 1.90. The molecule has 0 radical (unpaired) electrons. The molecule has 14 heavy (non-hydrogen) atoms. The summed E-state index contributed by atoms with van der Waals surface area (Å²) in [5.74, 6) is 0. The smallest absolute Gasteiger partial charge is 0.115 e. The molecule has 0 aromatic carbocycles. The fraction of sp³-hybridized carbons (Fsp3) is 0.600. The van der Waals surface area contributed by atoms with Crippen LogP contribution in [0.3, 0.4) is 0 Å². The van der Waals surface area contributed by atoms with Crippen LogP contribution < -0.4 is 5.32 Å². The van der Waals surface area contributed by atoms with Gasteiger partial charge in [0.15, 0.2) is 0 Å². The number of nitrogens with one attached hydrogen (secondary N) is 1. The van der Waals surface area contributed by atoms with Gasteiger partial charge in [0.05, 0.1) is 18.3 Å². The molecule has 1 aromatic rings. The first-order valence-corrected chi connectivity index (χ1v) is 4.89. The standard InChI is InChI=1S/C10H17N3O/c1-3-6-14-7-10(11-2)9-4-5-12-8-13-9/h4-5,8,10-11H,3,6-7H2,1-2H3. The van der Waals surface area contributed by atoms with Crippen molar-refractivity contribution in [2.45, 2.75) is 19.4 Å². The first-order valence-electron chi connectivity index (χ1n) is 4.89. The number of rotatable bonds is 6. The minimum Gasteiger partial charge on any atom is -0.379 e. The van der Waals surface area contributed by atoms with E-state index in [4.69, 9.17) is 4.74 Å². The Morgan fingerprint density at radius 1 is 1.57 bits per heavy atom. The maximum absolute atomic E-state index is 5.47. The quantitative estimate of drug-likeness (QED) is 0.692. The summed E-state index contributed by atoms with van der Waals surface area (Å²) in [4.78, 5) is 8.05. The number of hydrogen-bond donors (Lipinski definition) is 1. The highest BCUT2D eigenvalue weighted by Gasteiger charge is 2.09. The predicted molar refractivity (Wildman–Crippen MR) is 54.9 cm³/mol. The SMILES string of the molecule is CCCOCC(NC)c1ccncn1. The summed E-state index contributed by atoms with van der Waals surface area (Å²) in [6.45, 7) is 3.55. The number of hydrogen-bond acceptors (Lipinski definition) is 4. The van der Waals surface area contributed by atoms with Crippen LogP contribution in [0.25, 0.3) is 0 Å². The van der Waals surface area contributed by atoms with Crippen molar-refractivity contribution in [2.75, 3.05) is 20.3 Å². The van der Waals surface area contributed by atoms with E-state index < -0.39 is 0 Å². The van der Waals surface area contributed by atoms with Gasteiger partial charge in [-0.3, -0.25) is 0 Å². The van der Waals surface area contributed by atoms with Gasteiger partial charge in [0, 0.05) is 12.8 Å². The molecule has 0 aliphatic rings. The van der Waals surface area contributed by atoms with Crippen molar-refractivity contribution in [3.8, 4) is 0 Å². The van der Waals surface area contributed by atoms with Crippen molar-refractivity contribution in [1.82, 2.24) is 15.3 Å². The van der Waals surface area contributed by atoms with E-state index in [0.29, 0.717) is 6.61 Å². The van der Waals surface area contributed by atoms with Crippen LogP contribution in [0.1, 0.15) is 25.1 Å². The molecule has 0 bridgehead atoms. The second-order valence-electron chi connectivity index (χ2n) is 3.05. The minimum atomic E-state index is 0.157. The third-order valence-corrected chi connectivity index (χ3v) is 1.94. The highest BCUT2D eigenvalue weighted by Crippen LogP contribution is 2.08. The highest BCUT2D eigenvalue weighted by molar-refractivity contribution is 5.04. The van der Waals surface area contributed by atoms with E-state index in [1.165, 1.54) is 0 Å². The number of aromatic nitrogens is 2. The Labute approximate surface area is 84.7 Å². The lowest BCUT2D eigenvalue weighted by Gasteiger charge is -2.14. The molecule has 0 aliphatic heterocycles. The first-order chi connectivity index (χ1) is 6.88. The van der Waals surface area contributed by atoms with Gasteiger partial charge >= 0.3 is 0 Å². The third-order valence-electron chi connectivity index (χ3n) is 1.94. The maximum Gasteiger partial charge on any atom is 0.115 e. The van der Waals surface area contributed by atoms with Crippen LogP contribution in [0, 0.1) is 0 Å². The van der Waals surface area contributed by atoms with Gasteiger partial charge in [-0.05, 0) is 19.5 Å². The number of likely N-dealkylation sites (N-methyl/N-ethyl adjacent to an activating group) is 1. The van der Waals surface area contributed by atoms with Crippen molar-refractivity contribution in [3.63, 3.8) is 0 Å². The van der Waals surface area contributed by atoms with Gasteiger partial charge in [-0.2, -0.15) is 0 Å².